The number of amides is 1. The molecule has 0 saturated carbocycles. The summed E-state index contributed by atoms with van der Waals surface area (Å²) in [5.74, 6) is 1.25. The Morgan fingerprint density at radius 3 is 2.56 bits per heavy atom. The molecular weight excluding hydrogens is 248 g/mol. The number of aromatic nitrogens is 2. The standard InChI is InChI=1S/C12H22N4OS/c1-8(2)6-13-9(17)7-14-11-15-10(16-18-11)12(3,4)5/h8H,6-7H2,1-5H3,(H,13,17)(H,14,15,16). The number of nitrogens with one attached hydrogen (secondary N) is 2. The Kier molecular flexibility index (Phi) is 5.07. The average molecular weight is 270 g/mol. The van der Waals surface area contributed by atoms with E-state index in [4.69, 9.17) is 0 Å². The number of anilines is 1. The van der Waals surface area contributed by atoms with E-state index in [0.29, 0.717) is 17.6 Å². The molecule has 0 aromatic carbocycles. The van der Waals surface area contributed by atoms with Gasteiger partial charge in [-0.25, -0.2) is 4.98 Å². The minimum atomic E-state index is -0.0592. The number of rotatable bonds is 5. The van der Waals surface area contributed by atoms with Crippen LogP contribution in [0.4, 0.5) is 5.13 Å². The largest absolute Gasteiger partial charge is 0.354 e. The predicted octanol–water partition coefficient (Wildman–Crippen LogP) is 2.02. The molecule has 1 rings (SSSR count). The fourth-order valence-corrected chi connectivity index (χ4v) is 1.89. The molecule has 6 heteroatoms. The molecule has 1 aromatic heterocycles. The normalized spacial score (nSPS) is 11.7. The van der Waals surface area contributed by atoms with E-state index in [1.54, 1.807) is 0 Å². The molecule has 102 valence electrons. The van der Waals surface area contributed by atoms with Crippen LogP contribution in [0.15, 0.2) is 0 Å². The topological polar surface area (TPSA) is 66.9 Å². The third-order valence-corrected chi connectivity index (χ3v) is 2.88. The Hall–Kier alpha value is -1.17. The zero-order valence-corrected chi connectivity index (χ0v) is 12.5. The molecule has 18 heavy (non-hydrogen) atoms. The van der Waals surface area contributed by atoms with Crippen LogP contribution in [0.3, 0.4) is 0 Å². The van der Waals surface area contributed by atoms with E-state index in [2.05, 4.69) is 54.6 Å². The summed E-state index contributed by atoms with van der Waals surface area (Å²) < 4.78 is 4.28. The number of carbonyl (C=O) groups is 1. The van der Waals surface area contributed by atoms with Gasteiger partial charge in [0.2, 0.25) is 11.0 Å². The number of hydrogen-bond acceptors (Lipinski definition) is 5. The number of carbonyl (C=O) groups excluding carboxylic acids is 1. The van der Waals surface area contributed by atoms with Crippen LogP contribution in [0.25, 0.3) is 0 Å². The van der Waals surface area contributed by atoms with Gasteiger partial charge in [-0.05, 0) is 5.92 Å². The van der Waals surface area contributed by atoms with Crippen molar-refractivity contribution in [3.63, 3.8) is 0 Å². The van der Waals surface area contributed by atoms with Gasteiger partial charge >= 0.3 is 0 Å². The van der Waals surface area contributed by atoms with Crippen molar-refractivity contribution in [2.24, 2.45) is 5.92 Å². The van der Waals surface area contributed by atoms with Crippen molar-refractivity contribution in [3.05, 3.63) is 5.82 Å². The highest BCUT2D eigenvalue weighted by Crippen LogP contribution is 2.22. The van der Waals surface area contributed by atoms with Crippen LogP contribution < -0.4 is 10.6 Å². The van der Waals surface area contributed by atoms with Gasteiger partial charge in [-0.1, -0.05) is 34.6 Å². The van der Waals surface area contributed by atoms with Crippen molar-refractivity contribution in [3.8, 4) is 0 Å². The zero-order valence-electron chi connectivity index (χ0n) is 11.7. The molecular formula is C12H22N4OS. The quantitative estimate of drug-likeness (QED) is 0.859. The van der Waals surface area contributed by atoms with Crippen molar-refractivity contribution in [1.29, 1.82) is 0 Å². The summed E-state index contributed by atoms with van der Waals surface area (Å²) in [6, 6.07) is 0. The van der Waals surface area contributed by atoms with Crippen molar-refractivity contribution in [1.82, 2.24) is 14.7 Å². The lowest BCUT2D eigenvalue weighted by Crippen LogP contribution is -2.32. The Bertz CT molecular complexity index is 395. The first kappa shape index (κ1) is 14.9. The fraction of sp³-hybridized carbons (Fsp3) is 0.750. The summed E-state index contributed by atoms with van der Waals surface area (Å²) in [6.07, 6.45) is 0. The van der Waals surface area contributed by atoms with E-state index in [9.17, 15) is 4.79 Å². The Morgan fingerprint density at radius 1 is 1.39 bits per heavy atom. The van der Waals surface area contributed by atoms with Gasteiger partial charge in [0.05, 0.1) is 6.54 Å². The molecule has 0 saturated heterocycles. The van der Waals surface area contributed by atoms with E-state index in [1.165, 1.54) is 11.5 Å². The number of nitrogens with zero attached hydrogens (tertiary/aromatic N) is 2. The van der Waals surface area contributed by atoms with Gasteiger partial charge in [0.1, 0.15) is 5.82 Å². The maximum absolute atomic E-state index is 11.5. The summed E-state index contributed by atoms with van der Waals surface area (Å²) in [7, 11) is 0. The van der Waals surface area contributed by atoms with Gasteiger partial charge in [-0.15, -0.1) is 0 Å². The molecule has 0 aliphatic carbocycles. The lowest BCUT2D eigenvalue weighted by Gasteiger charge is -2.12. The molecule has 0 unspecified atom stereocenters. The van der Waals surface area contributed by atoms with E-state index in [-0.39, 0.29) is 17.9 Å². The van der Waals surface area contributed by atoms with Gasteiger partial charge in [-0.3, -0.25) is 4.79 Å². The second-order valence-corrected chi connectivity index (χ2v) is 6.48. The van der Waals surface area contributed by atoms with Crippen LogP contribution in [0.2, 0.25) is 0 Å². The van der Waals surface area contributed by atoms with Gasteiger partial charge < -0.3 is 10.6 Å². The van der Waals surface area contributed by atoms with Crippen LogP contribution in [0.1, 0.15) is 40.4 Å². The SMILES string of the molecule is CC(C)CNC(=O)CNc1nc(C(C)(C)C)ns1. The summed E-state index contributed by atoms with van der Waals surface area (Å²) in [5.41, 5.74) is -0.0592. The molecule has 0 atom stereocenters. The molecule has 0 bridgehead atoms. The second kappa shape index (κ2) is 6.13. The maximum Gasteiger partial charge on any atom is 0.239 e. The second-order valence-electron chi connectivity index (χ2n) is 5.72. The van der Waals surface area contributed by atoms with Crippen LogP contribution in [-0.4, -0.2) is 28.4 Å². The van der Waals surface area contributed by atoms with Gasteiger partial charge in [0.15, 0.2) is 0 Å². The molecule has 2 N–H and O–H groups in total. The Morgan fingerprint density at radius 2 is 2.06 bits per heavy atom. The molecule has 1 heterocycles. The first-order valence-corrected chi connectivity index (χ1v) is 6.91. The fourth-order valence-electron chi connectivity index (χ4n) is 1.14. The van der Waals surface area contributed by atoms with Crippen LogP contribution >= 0.6 is 11.5 Å². The molecule has 0 spiro atoms. The predicted molar refractivity (Wildman–Crippen MR) is 74.9 cm³/mol. The first-order valence-electron chi connectivity index (χ1n) is 6.14. The summed E-state index contributed by atoms with van der Waals surface area (Å²) in [4.78, 5) is 15.9. The molecule has 1 amide bonds. The third-order valence-electron chi connectivity index (χ3n) is 2.20. The molecule has 0 radical (unpaired) electrons. The molecule has 5 nitrogen and oxygen atoms in total. The highest BCUT2D eigenvalue weighted by Gasteiger charge is 2.19. The first-order chi connectivity index (χ1) is 8.29. The van der Waals surface area contributed by atoms with Gasteiger partial charge in [-0.2, -0.15) is 4.37 Å². The summed E-state index contributed by atoms with van der Waals surface area (Å²) in [5, 5.41) is 6.53. The van der Waals surface area contributed by atoms with Crippen LogP contribution in [0, 0.1) is 5.92 Å². The lowest BCUT2D eigenvalue weighted by molar-refractivity contribution is -0.119. The minimum Gasteiger partial charge on any atom is -0.354 e. The monoisotopic (exact) mass is 270 g/mol. The highest BCUT2D eigenvalue weighted by atomic mass is 32.1. The van der Waals surface area contributed by atoms with Gasteiger partial charge in [0, 0.05) is 23.5 Å². The van der Waals surface area contributed by atoms with Crippen LogP contribution in [0.5, 0.6) is 0 Å². The van der Waals surface area contributed by atoms with Crippen molar-refractivity contribution >= 4 is 22.6 Å². The van der Waals surface area contributed by atoms with Crippen molar-refractivity contribution in [2.45, 2.75) is 40.0 Å². The maximum atomic E-state index is 11.5. The van der Waals surface area contributed by atoms with Crippen LogP contribution in [-0.2, 0) is 10.2 Å². The molecule has 0 fully saturated rings. The third kappa shape index (κ3) is 5.00. The minimum absolute atomic E-state index is 0.0174. The summed E-state index contributed by atoms with van der Waals surface area (Å²) >= 11 is 1.29. The zero-order chi connectivity index (χ0) is 13.8. The molecule has 0 aliphatic heterocycles. The smallest absolute Gasteiger partial charge is 0.239 e. The van der Waals surface area contributed by atoms with E-state index in [1.807, 2.05) is 0 Å². The molecule has 1 aromatic rings. The van der Waals surface area contributed by atoms with Crippen molar-refractivity contribution in [2.75, 3.05) is 18.4 Å². The van der Waals surface area contributed by atoms with Crippen molar-refractivity contribution < 1.29 is 4.79 Å². The van der Waals surface area contributed by atoms with E-state index < -0.39 is 0 Å². The van der Waals surface area contributed by atoms with E-state index in [0.717, 1.165) is 5.82 Å². The van der Waals surface area contributed by atoms with E-state index >= 15 is 0 Å². The highest BCUT2D eigenvalue weighted by molar-refractivity contribution is 7.09. The van der Waals surface area contributed by atoms with Gasteiger partial charge in [0.25, 0.3) is 0 Å². The Balaban J connectivity index is 2.40. The average Bonchev–Trinajstić information content (AvgIpc) is 2.71. The Labute approximate surface area is 113 Å². The number of hydrogen-bond donors (Lipinski definition) is 2. The molecule has 0 aliphatic rings. The lowest BCUT2D eigenvalue weighted by atomic mass is 9.96. The summed E-state index contributed by atoms with van der Waals surface area (Å²) in [6.45, 7) is 11.3.